The van der Waals surface area contributed by atoms with Crippen molar-refractivity contribution < 1.29 is 9.90 Å². The molecule has 1 aliphatic carbocycles. The molecule has 1 amide bonds. The summed E-state index contributed by atoms with van der Waals surface area (Å²) in [7, 11) is 0. The molecule has 0 aliphatic heterocycles. The lowest BCUT2D eigenvalue weighted by molar-refractivity contribution is 0.0937. The molecule has 0 radical (unpaired) electrons. The Morgan fingerprint density at radius 3 is 3.06 bits per heavy atom. The lowest BCUT2D eigenvalue weighted by atomic mass is 10.1. The average Bonchev–Trinajstić information content (AvgIpc) is 2.77. The maximum absolute atomic E-state index is 12.0. The van der Waals surface area contributed by atoms with Crippen LogP contribution in [0.1, 0.15) is 36.5 Å². The third kappa shape index (κ3) is 3.42. The molecule has 0 aromatic heterocycles. The van der Waals surface area contributed by atoms with Gasteiger partial charge in [-0.2, -0.15) is 11.8 Å². The third-order valence-corrected chi connectivity index (χ3v) is 4.46. The Kier molecular flexibility index (Phi) is 4.53. The van der Waals surface area contributed by atoms with E-state index in [0.29, 0.717) is 10.8 Å². The molecule has 3 nitrogen and oxygen atoms in total. The Bertz CT molecular complexity index is 422. The van der Waals surface area contributed by atoms with Crippen LogP contribution in [0, 0.1) is 0 Å². The highest BCUT2D eigenvalue weighted by Crippen LogP contribution is 2.29. The molecule has 0 saturated heterocycles. The zero-order valence-corrected chi connectivity index (χ0v) is 11.4. The number of carbonyl (C=O) groups excluding carboxylic acids is 1. The van der Waals surface area contributed by atoms with Crippen LogP contribution in [-0.2, 0) is 0 Å². The minimum atomic E-state index is -0.0851. The second kappa shape index (κ2) is 6.14. The van der Waals surface area contributed by atoms with Crippen LogP contribution in [0.5, 0.6) is 5.75 Å². The Hall–Kier alpha value is -1.16. The van der Waals surface area contributed by atoms with Gasteiger partial charge in [0.2, 0.25) is 0 Å². The molecule has 18 heavy (non-hydrogen) atoms. The largest absolute Gasteiger partial charge is 0.508 e. The molecule has 2 N–H and O–H groups in total. The summed E-state index contributed by atoms with van der Waals surface area (Å²) in [6, 6.07) is 6.77. The second-order valence-electron chi connectivity index (χ2n) is 4.61. The highest BCUT2D eigenvalue weighted by atomic mass is 32.2. The van der Waals surface area contributed by atoms with Crippen molar-refractivity contribution in [2.75, 3.05) is 5.75 Å². The number of aromatic hydroxyl groups is 1. The maximum atomic E-state index is 12.0. The van der Waals surface area contributed by atoms with Gasteiger partial charge >= 0.3 is 0 Å². The maximum Gasteiger partial charge on any atom is 0.251 e. The first-order valence-electron chi connectivity index (χ1n) is 6.40. The SMILES string of the molecule is CCS[C@H]1CC[C@@H](NC(=O)c2cccc(O)c2)C1. The van der Waals surface area contributed by atoms with Crippen LogP contribution >= 0.6 is 11.8 Å². The molecule has 0 bridgehead atoms. The molecule has 1 fully saturated rings. The first kappa shape index (κ1) is 13.3. The summed E-state index contributed by atoms with van der Waals surface area (Å²) in [5.41, 5.74) is 0.529. The summed E-state index contributed by atoms with van der Waals surface area (Å²) < 4.78 is 0. The van der Waals surface area contributed by atoms with Gasteiger partial charge in [0.15, 0.2) is 0 Å². The van der Waals surface area contributed by atoms with Gasteiger partial charge in [-0.15, -0.1) is 0 Å². The standard InChI is InChI=1S/C14H19NO2S/c1-2-18-13-7-6-11(9-13)15-14(17)10-4-3-5-12(16)8-10/h3-5,8,11,13,16H,2,6-7,9H2,1H3,(H,15,17)/t11-,13+/m1/s1. The fourth-order valence-electron chi connectivity index (χ4n) is 2.37. The number of phenolic OH excluding ortho intramolecular Hbond substituents is 1. The number of thioether (sulfide) groups is 1. The molecule has 1 aromatic carbocycles. The van der Waals surface area contributed by atoms with Crippen molar-refractivity contribution in [3.05, 3.63) is 29.8 Å². The fourth-order valence-corrected chi connectivity index (χ4v) is 3.52. The molecule has 0 heterocycles. The van der Waals surface area contributed by atoms with Gasteiger partial charge in [-0.1, -0.05) is 13.0 Å². The smallest absolute Gasteiger partial charge is 0.251 e. The molecular formula is C14H19NO2S. The average molecular weight is 265 g/mol. The van der Waals surface area contributed by atoms with Crippen molar-refractivity contribution in [1.82, 2.24) is 5.32 Å². The highest BCUT2D eigenvalue weighted by molar-refractivity contribution is 7.99. The Morgan fingerprint density at radius 2 is 2.33 bits per heavy atom. The second-order valence-corrected chi connectivity index (χ2v) is 6.19. The van der Waals surface area contributed by atoms with Gasteiger partial charge in [0, 0.05) is 16.9 Å². The van der Waals surface area contributed by atoms with Gasteiger partial charge in [0.25, 0.3) is 5.91 Å². The van der Waals surface area contributed by atoms with E-state index in [9.17, 15) is 9.90 Å². The molecule has 2 atom stereocenters. The lowest BCUT2D eigenvalue weighted by Gasteiger charge is -2.13. The zero-order chi connectivity index (χ0) is 13.0. The summed E-state index contributed by atoms with van der Waals surface area (Å²) in [6.45, 7) is 2.17. The minimum Gasteiger partial charge on any atom is -0.508 e. The molecule has 1 aromatic rings. The van der Waals surface area contributed by atoms with Crippen LogP contribution in [0.4, 0.5) is 0 Å². The van der Waals surface area contributed by atoms with Crippen molar-refractivity contribution >= 4 is 17.7 Å². The lowest BCUT2D eigenvalue weighted by Crippen LogP contribution is -2.33. The molecule has 1 aliphatic rings. The van der Waals surface area contributed by atoms with Gasteiger partial charge in [-0.05, 0) is 43.2 Å². The van der Waals surface area contributed by atoms with Gasteiger partial charge in [-0.25, -0.2) is 0 Å². The van der Waals surface area contributed by atoms with E-state index in [0.717, 1.165) is 18.6 Å². The van der Waals surface area contributed by atoms with E-state index in [1.807, 2.05) is 11.8 Å². The normalized spacial score (nSPS) is 22.9. The van der Waals surface area contributed by atoms with Gasteiger partial charge < -0.3 is 10.4 Å². The summed E-state index contributed by atoms with van der Waals surface area (Å²) in [4.78, 5) is 12.0. The monoisotopic (exact) mass is 265 g/mol. The van der Waals surface area contributed by atoms with E-state index in [1.165, 1.54) is 12.5 Å². The predicted octanol–water partition coefficient (Wildman–Crippen LogP) is 2.80. The van der Waals surface area contributed by atoms with Gasteiger partial charge in [0.05, 0.1) is 0 Å². The van der Waals surface area contributed by atoms with E-state index in [4.69, 9.17) is 0 Å². The molecule has 98 valence electrons. The van der Waals surface area contributed by atoms with E-state index >= 15 is 0 Å². The van der Waals surface area contributed by atoms with Crippen molar-refractivity contribution in [3.8, 4) is 5.75 Å². The molecular weight excluding hydrogens is 246 g/mol. The molecule has 2 rings (SSSR count). The number of hydrogen-bond acceptors (Lipinski definition) is 3. The van der Waals surface area contributed by atoms with E-state index < -0.39 is 0 Å². The number of amides is 1. The molecule has 0 unspecified atom stereocenters. The number of rotatable bonds is 4. The van der Waals surface area contributed by atoms with Crippen molar-refractivity contribution in [2.24, 2.45) is 0 Å². The number of benzene rings is 1. The summed E-state index contributed by atoms with van der Waals surface area (Å²) >= 11 is 1.98. The van der Waals surface area contributed by atoms with Crippen LogP contribution in [-0.4, -0.2) is 28.1 Å². The first-order valence-corrected chi connectivity index (χ1v) is 7.45. The molecule has 0 spiro atoms. The molecule has 4 heteroatoms. The van der Waals surface area contributed by atoms with Gasteiger partial charge in [-0.3, -0.25) is 4.79 Å². The summed E-state index contributed by atoms with van der Waals surface area (Å²) in [6.07, 6.45) is 3.30. The summed E-state index contributed by atoms with van der Waals surface area (Å²) in [5, 5.41) is 13.1. The first-order chi connectivity index (χ1) is 8.69. The third-order valence-electron chi connectivity index (χ3n) is 3.23. The van der Waals surface area contributed by atoms with E-state index in [-0.39, 0.29) is 17.7 Å². The van der Waals surface area contributed by atoms with E-state index in [1.54, 1.807) is 18.2 Å². The number of hydrogen-bond donors (Lipinski definition) is 2. The minimum absolute atomic E-state index is 0.0851. The van der Waals surface area contributed by atoms with Crippen molar-refractivity contribution in [3.63, 3.8) is 0 Å². The molecule has 1 saturated carbocycles. The topological polar surface area (TPSA) is 49.3 Å². The van der Waals surface area contributed by atoms with Crippen LogP contribution < -0.4 is 5.32 Å². The van der Waals surface area contributed by atoms with Crippen LogP contribution in [0.3, 0.4) is 0 Å². The number of nitrogens with one attached hydrogen (secondary N) is 1. The van der Waals surface area contributed by atoms with Crippen LogP contribution in [0.2, 0.25) is 0 Å². The van der Waals surface area contributed by atoms with Gasteiger partial charge in [0.1, 0.15) is 5.75 Å². The Balaban J connectivity index is 1.89. The van der Waals surface area contributed by atoms with E-state index in [2.05, 4.69) is 12.2 Å². The number of phenols is 1. The highest BCUT2D eigenvalue weighted by Gasteiger charge is 2.25. The number of carbonyl (C=O) groups is 1. The van der Waals surface area contributed by atoms with Crippen LogP contribution in [0.25, 0.3) is 0 Å². The quantitative estimate of drug-likeness (QED) is 0.880. The Morgan fingerprint density at radius 1 is 1.50 bits per heavy atom. The van der Waals surface area contributed by atoms with Crippen LogP contribution in [0.15, 0.2) is 24.3 Å². The predicted molar refractivity (Wildman–Crippen MR) is 75.1 cm³/mol. The fraction of sp³-hybridized carbons (Fsp3) is 0.500. The summed E-state index contributed by atoms with van der Waals surface area (Å²) in [5.74, 6) is 1.18. The Labute approximate surface area is 112 Å². The van der Waals surface area contributed by atoms with Crippen molar-refractivity contribution in [2.45, 2.75) is 37.5 Å². The van der Waals surface area contributed by atoms with Crippen molar-refractivity contribution in [1.29, 1.82) is 0 Å². The zero-order valence-electron chi connectivity index (χ0n) is 10.6.